The molecule has 0 aromatic heterocycles. The van der Waals surface area contributed by atoms with Gasteiger partial charge in [0.05, 0.1) is 6.16 Å². The molecule has 0 heterocycles. The van der Waals surface area contributed by atoms with Gasteiger partial charge in [-0.2, -0.15) is 5.10 Å². The molecular weight excluding hydrogens is 469 g/mol. The van der Waals surface area contributed by atoms with Crippen molar-refractivity contribution in [3.8, 4) is 0 Å². The van der Waals surface area contributed by atoms with Crippen molar-refractivity contribution >= 4 is 52.0 Å². The number of thiocarbonyl (C=S) groups is 1. The van der Waals surface area contributed by atoms with Gasteiger partial charge in [-0.3, -0.25) is 10.2 Å². The van der Waals surface area contributed by atoms with Crippen LogP contribution in [0.3, 0.4) is 0 Å². The first-order valence-corrected chi connectivity index (χ1v) is 14.6. The van der Waals surface area contributed by atoms with Crippen LogP contribution >= 0.6 is 19.5 Å². The minimum absolute atomic E-state index is 0.0688. The Hall–Kier alpha value is -2.88. The fourth-order valence-corrected chi connectivity index (χ4v) is 8.72. The first-order valence-electron chi connectivity index (χ1n) is 12.2. The second kappa shape index (κ2) is 13.9. The Bertz CT molecular complexity index is 1010. The van der Waals surface area contributed by atoms with Crippen molar-refractivity contribution in [2.24, 2.45) is 5.10 Å². The number of hydrogen-bond acceptors (Lipinski definition) is 3. The third kappa shape index (κ3) is 7.55. The average molecular weight is 505 g/mol. The molecule has 0 radical (unpaired) electrons. The van der Waals surface area contributed by atoms with E-state index in [1.807, 2.05) is 0 Å². The van der Waals surface area contributed by atoms with E-state index in [-0.39, 0.29) is 5.78 Å². The van der Waals surface area contributed by atoms with Crippen LogP contribution in [-0.2, 0) is 4.79 Å². The van der Waals surface area contributed by atoms with E-state index in [1.165, 1.54) is 22.8 Å². The molecule has 0 saturated heterocycles. The number of rotatable bonds is 12. The molecule has 0 spiro atoms. The molecule has 3 aromatic carbocycles. The summed E-state index contributed by atoms with van der Waals surface area (Å²) in [5.74, 6) is -0.0688. The van der Waals surface area contributed by atoms with Crippen molar-refractivity contribution in [1.82, 2.24) is 10.7 Å². The van der Waals surface area contributed by atoms with Crippen LogP contribution in [0.2, 0.25) is 0 Å². The van der Waals surface area contributed by atoms with Gasteiger partial charge in [0.15, 0.2) is 10.9 Å². The van der Waals surface area contributed by atoms with Crippen molar-refractivity contribution in [2.45, 2.75) is 39.5 Å². The number of nitrogens with zero attached hydrogens (tertiary/aromatic N) is 1. The quantitative estimate of drug-likeness (QED) is 0.120. The largest absolute Gasteiger partial charge is 0.361 e. The van der Waals surface area contributed by atoms with E-state index < -0.39 is 7.26 Å². The number of carbonyl (C=O) groups is 1. The Kier molecular flexibility index (Phi) is 10.6. The monoisotopic (exact) mass is 504 g/mol. The molecule has 0 aliphatic rings. The van der Waals surface area contributed by atoms with Crippen LogP contribution in [0.25, 0.3) is 0 Å². The summed E-state index contributed by atoms with van der Waals surface area (Å²) in [5, 5.41) is 11.9. The summed E-state index contributed by atoms with van der Waals surface area (Å²) in [4.78, 5) is 11.2. The molecule has 0 aliphatic carbocycles. The molecule has 182 valence electrons. The van der Waals surface area contributed by atoms with Gasteiger partial charge in [-0.15, -0.1) is 0 Å². The molecule has 0 fully saturated rings. The lowest BCUT2D eigenvalue weighted by Crippen LogP contribution is -2.33. The van der Waals surface area contributed by atoms with Crippen LogP contribution in [0, 0.1) is 0 Å². The van der Waals surface area contributed by atoms with Gasteiger partial charge >= 0.3 is 0 Å². The van der Waals surface area contributed by atoms with Gasteiger partial charge < -0.3 is 5.32 Å². The van der Waals surface area contributed by atoms with Crippen LogP contribution in [0.15, 0.2) is 96.1 Å². The van der Waals surface area contributed by atoms with Gasteiger partial charge in [-0.05, 0) is 74.8 Å². The highest BCUT2D eigenvalue weighted by atomic mass is 32.1. The van der Waals surface area contributed by atoms with Gasteiger partial charge in [0.25, 0.3) is 0 Å². The summed E-state index contributed by atoms with van der Waals surface area (Å²) in [7, 11) is -1.74. The Labute approximate surface area is 215 Å². The molecule has 4 nitrogen and oxygen atoms in total. The standard InChI is InChI=1S/C29H34N3OPS/c1-24(25(2)33)31-32-29(35)30-22-14-3-4-15-23-34(26-16-8-5-9-17-26,27-18-10-6-11-19-27)28-20-12-7-13-21-28/h5-13,16-21H,3-4,14-15,22-23H2,1-2H3,(H-,30,32,33,35)/p+1. The fraction of sp³-hybridized carbons (Fsp3) is 0.276. The molecule has 3 rings (SSSR count). The molecule has 0 saturated carbocycles. The molecule has 0 unspecified atom stereocenters. The maximum atomic E-state index is 11.2. The molecular formula is C29H35N3OPS+. The van der Waals surface area contributed by atoms with Crippen molar-refractivity contribution in [2.75, 3.05) is 12.7 Å². The molecule has 6 heteroatoms. The Morgan fingerprint density at radius 3 is 1.66 bits per heavy atom. The minimum atomic E-state index is -1.74. The Balaban J connectivity index is 1.62. The maximum Gasteiger partial charge on any atom is 0.186 e. The number of nitrogens with one attached hydrogen (secondary N) is 2. The van der Waals surface area contributed by atoms with Crippen LogP contribution in [0.5, 0.6) is 0 Å². The van der Waals surface area contributed by atoms with Gasteiger partial charge in [-0.25, -0.2) is 0 Å². The highest BCUT2D eigenvalue weighted by Crippen LogP contribution is 2.55. The van der Waals surface area contributed by atoms with Crippen LogP contribution in [0.4, 0.5) is 0 Å². The van der Waals surface area contributed by atoms with Crippen LogP contribution in [0.1, 0.15) is 39.5 Å². The van der Waals surface area contributed by atoms with E-state index in [0.29, 0.717) is 10.8 Å². The predicted molar refractivity (Wildman–Crippen MR) is 156 cm³/mol. The number of carbonyl (C=O) groups excluding carboxylic acids is 1. The zero-order valence-electron chi connectivity index (χ0n) is 20.6. The smallest absolute Gasteiger partial charge is 0.186 e. The lowest BCUT2D eigenvalue weighted by Gasteiger charge is -2.27. The Morgan fingerprint density at radius 1 is 0.743 bits per heavy atom. The van der Waals surface area contributed by atoms with Crippen molar-refractivity contribution < 1.29 is 4.79 Å². The van der Waals surface area contributed by atoms with Gasteiger partial charge in [-0.1, -0.05) is 61.0 Å². The van der Waals surface area contributed by atoms with Crippen molar-refractivity contribution in [1.29, 1.82) is 0 Å². The third-order valence-corrected chi connectivity index (χ3v) is 10.9. The molecule has 0 bridgehead atoms. The molecule has 2 N–H and O–H groups in total. The number of Topliss-reactive ketones (excluding diaryl/α,β-unsaturated/α-hetero) is 1. The summed E-state index contributed by atoms with van der Waals surface area (Å²) < 4.78 is 0. The molecule has 35 heavy (non-hydrogen) atoms. The van der Waals surface area contributed by atoms with Gasteiger partial charge in [0.1, 0.15) is 28.9 Å². The second-order valence-corrected chi connectivity index (χ2v) is 12.6. The second-order valence-electron chi connectivity index (χ2n) is 8.58. The van der Waals surface area contributed by atoms with Crippen molar-refractivity contribution in [3.63, 3.8) is 0 Å². The highest BCUT2D eigenvalue weighted by Gasteiger charge is 2.44. The van der Waals surface area contributed by atoms with E-state index >= 15 is 0 Å². The highest BCUT2D eigenvalue weighted by molar-refractivity contribution is 7.95. The summed E-state index contributed by atoms with van der Waals surface area (Å²) in [6, 6.07) is 33.2. The molecule has 0 amide bonds. The first kappa shape index (κ1) is 26.7. The average Bonchev–Trinajstić information content (AvgIpc) is 2.90. The van der Waals surface area contributed by atoms with Gasteiger partial charge in [0, 0.05) is 13.5 Å². The number of hydrogen-bond donors (Lipinski definition) is 2. The fourth-order valence-electron chi connectivity index (χ4n) is 4.16. The molecule has 3 aromatic rings. The number of benzene rings is 3. The summed E-state index contributed by atoms with van der Waals surface area (Å²) in [6.45, 7) is 3.94. The number of unbranched alkanes of at least 4 members (excludes halogenated alkanes) is 3. The van der Waals surface area contributed by atoms with E-state index in [4.69, 9.17) is 12.2 Å². The lowest BCUT2D eigenvalue weighted by molar-refractivity contribution is -0.111. The number of hydrazone groups is 1. The van der Waals surface area contributed by atoms with E-state index in [2.05, 4.69) is 107 Å². The number of ketones is 1. The molecule has 0 aliphatic heterocycles. The first-order chi connectivity index (χ1) is 17.0. The van der Waals surface area contributed by atoms with E-state index in [0.717, 1.165) is 38.4 Å². The normalized spacial score (nSPS) is 11.7. The lowest BCUT2D eigenvalue weighted by atomic mass is 10.2. The maximum absolute atomic E-state index is 11.2. The van der Waals surface area contributed by atoms with Crippen LogP contribution in [-0.4, -0.2) is 29.3 Å². The minimum Gasteiger partial charge on any atom is -0.361 e. The van der Waals surface area contributed by atoms with Gasteiger partial charge in [0.2, 0.25) is 0 Å². The topological polar surface area (TPSA) is 53.5 Å². The van der Waals surface area contributed by atoms with E-state index in [9.17, 15) is 4.79 Å². The third-order valence-electron chi connectivity index (χ3n) is 6.13. The zero-order valence-corrected chi connectivity index (χ0v) is 22.3. The zero-order chi connectivity index (χ0) is 24.9. The van der Waals surface area contributed by atoms with E-state index in [1.54, 1.807) is 6.92 Å². The predicted octanol–water partition coefficient (Wildman–Crippen LogP) is 4.97. The summed E-state index contributed by atoms with van der Waals surface area (Å²) in [6.07, 6.45) is 5.64. The van der Waals surface area contributed by atoms with Crippen LogP contribution < -0.4 is 26.7 Å². The summed E-state index contributed by atoms with van der Waals surface area (Å²) in [5.41, 5.74) is 3.15. The summed E-state index contributed by atoms with van der Waals surface area (Å²) >= 11 is 5.23. The SMILES string of the molecule is CC(=O)/C(C)=N\NC(=S)NCCCCCC[P+](c1ccccc1)(c1ccccc1)c1ccccc1. The molecule has 0 atom stereocenters. The Morgan fingerprint density at radius 2 is 1.20 bits per heavy atom. The van der Waals surface area contributed by atoms with Crippen molar-refractivity contribution in [3.05, 3.63) is 91.0 Å².